The van der Waals surface area contributed by atoms with E-state index in [2.05, 4.69) is 66.3 Å². The first-order chi connectivity index (χ1) is 40.4. The SMILES string of the molecule is COc1ccc(COC(=O)C2=C(CSc3nc4c(s3)C[N+](C)(C)CC4)CS[C@H]3C(NC(=O)/C(=N\O[C@@H](C)C(=O)OC(c4ccccc4)c4ccccc4)c4csc(NC(c5ccccc5)(c5ccccc5)c5ccccc5)n4)C(=O)N23)cc1. The third kappa shape index (κ3) is 12.5. The van der Waals surface area contributed by atoms with E-state index in [1.165, 1.54) is 51.6 Å². The van der Waals surface area contributed by atoms with Gasteiger partial charge in [-0.25, -0.2) is 19.6 Å². The summed E-state index contributed by atoms with van der Waals surface area (Å²) in [5.74, 6) is -1.27. The van der Waals surface area contributed by atoms with Crippen LogP contribution in [0.25, 0.3) is 0 Å². The van der Waals surface area contributed by atoms with Gasteiger partial charge >= 0.3 is 11.9 Å². The number of oxime groups is 1. The van der Waals surface area contributed by atoms with Crippen molar-refractivity contribution in [2.45, 2.75) is 60.0 Å². The quantitative estimate of drug-likeness (QED) is 0.0133. The number of hydrogen-bond acceptors (Lipinski definition) is 16. The van der Waals surface area contributed by atoms with E-state index >= 15 is 4.79 Å². The summed E-state index contributed by atoms with van der Waals surface area (Å²) in [5.41, 5.74) is 5.87. The monoisotopic (exact) mass is 1180 g/mol. The zero-order valence-electron chi connectivity index (χ0n) is 46.0. The maximum absolute atomic E-state index is 15.0. The van der Waals surface area contributed by atoms with Crippen LogP contribution >= 0.6 is 46.2 Å². The number of hydrogen-bond donors (Lipinski definition) is 2. The smallest absolute Gasteiger partial charge is 0.355 e. The molecule has 3 atom stereocenters. The number of β-lactam (4-membered cyclic amide) rings is 1. The second kappa shape index (κ2) is 25.2. The predicted octanol–water partition coefficient (Wildman–Crippen LogP) is 10.8. The number of carbonyl (C=O) groups excluding carboxylic acids is 4. The lowest BCUT2D eigenvalue weighted by atomic mass is 9.77. The molecule has 0 saturated carbocycles. The molecular formula is C64H60N7O8S4+. The summed E-state index contributed by atoms with van der Waals surface area (Å²) in [6, 6.07) is 54.9. The number of ether oxygens (including phenoxy) is 3. The molecule has 15 nitrogen and oxygen atoms in total. The average molecular weight is 1180 g/mol. The van der Waals surface area contributed by atoms with Crippen molar-refractivity contribution in [1.29, 1.82) is 0 Å². The Hall–Kier alpha value is -8.07. The third-order valence-corrected chi connectivity index (χ3v) is 19.1. The van der Waals surface area contributed by atoms with Gasteiger partial charge in [0.1, 0.15) is 47.2 Å². The highest BCUT2D eigenvalue weighted by Crippen LogP contribution is 2.44. The summed E-state index contributed by atoms with van der Waals surface area (Å²) in [6.07, 6.45) is -1.18. The minimum atomic E-state index is -1.31. The van der Waals surface area contributed by atoms with E-state index in [1.54, 1.807) is 36.0 Å². The Balaban J connectivity index is 0.892. The summed E-state index contributed by atoms with van der Waals surface area (Å²) in [6.45, 7) is 3.35. The lowest BCUT2D eigenvalue weighted by Gasteiger charge is -2.49. The fourth-order valence-corrected chi connectivity index (χ4v) is 15.0. The van der Waals surface area contributed by atoms with Gasteiger partial charge < -0.3 is 34.2 Å². The van der Waals surface area contributed by atoms with Gasteiger partial charge in [-0.15, -0.1) is 34.4 Å². The van der Waals surface area contributed by atoms with Crippen LogP contribution in [0.5, 0.6) is 5.75 Å². The summed E-state index contributed by atoms with van der Waals surface area (Å²) < 4.78 is 19.2. The van der Waals surface area contributed by atoms with Gasteiger partial charge in [0.2, 0.25) is 6.10 Å². The van der Waals surface area contributed by atoms with Gasteiger partial charge in [0.05, 0.1) is 38.3 Å². The number of anilines is 1. The number of carbonyl (C=O) groups is 4. The predicted molar refractivity (Wildman–Crippen MR) is 325 cm³/mol. The van der Waals surface area contributed by atoms with E-state index < -0.39 is 52.9 Å². The van der Waals surface area contributed by atoms with Gasteiger partial charge in [-0.05, 0) is 58.0 Å². The number of rotatable bonds is 21. The molecule has 0 bridgehead atoms. The molecule has 8 aromatic rings. The normalized spacial score (nSPS) is 16.9. The molecule has 0 radical (unpaired) electrons. The summed E-state index contributed by atoms with van der Waals surface area (Å²) in [4.78, 5) is 76.8. The van der Waals surface area contributed by atoms with Crippen LogP contribution in [0.2, 0.25) is 0 Å². The van der Waals surface area contributed by atoms with Crippen molar-refractivity contribution in [3.8, 4) is 5.75 Å². The molecule has 0 aliphatic carbocycles. The molecule has 1 fully saturated rings. The molecule has 1 unspecified atom stereocenters. The largest absolute Gasteiger partial charge is 0.497 e. The number of fused-ring (bicyclic) bond motifs is 2. The van der Waals surface area contributed by atoms with Crippen molar-refractivity contribution in [3.05, 3.63) is 242 Å². The molecule has 422 valence electrons. The Morgan fingerprint density at radius 2 is 1.40 bits per heavy atom. The molecule has 2 amide bonds. The molecule has 2 N–H and O–H groups in total. The van der Waals surface area contributed by atoms with Crippen molar-refractivity contribution < 1.29 is 42.7 Å². The third-order valence-electron chi connectivity index (χ3n) is 14.7. The first kappa shape index (κ1) is 56.8. The minimum Gasteiger partial charge on any atom is -0.497 e. The molecule has 11 rings (SSSR count). The molecule has 3 aliphatic heterocycles. The number of nitrogens with one attached hydrogen (secondary N) is 2. The first-order valence-electron chi connectivity index (χ1n) is 27.0. The summed E-state index contributed by atoms with van der Waals surface area (Å²) in [5, 5.41) is 12.5. The molecule has 3 aliphatic rings. The van der Waals surface area contributed by atoms with Crippen molar-refractivity contribution in [2.24, 2.45) is 5.16 Å². The van der Waals surface area contributed by atoms with Crippen LogP contribution in [0.1, 0.15) is 62.7 Å². The molecule has 1 saturated heterocycles. The van der Waals surface area contributed by atoms with Crippen molar-refractivity contribution >= 4 is 80.8 Å². The maximum atomic E-state index is 15.0. The molecule has 0 spiro atoms. The highest BCUT2D eigenvalue weighted by molar-refractivity contribution is 8.01. The van der Waals surface area contributed by atoms with Crippen LogP contribution in [0, 0.1) is 0 Å². The number of methoxy groups -OCH3 is 1. The van der Waals surface area contributed by atoms with Gasteiger partial charge in [0, 0.05) is 23.3 Å². The Morgan fingerprint density at radius 3 is 1.99 bits per heavy atom. The molecule has 5 heterocycles. The van der Waals surface area contributed by atoms with Crippen LogP contribution in [-0.4, -0.2) is 106 Å². The van der Waals surface area contributed by atoms with Gasteiger partial charge in [0.15, 0.2) is 21.3 Å². The second-order valence-corrected chi connectivity index (χ2v) is 25.0. The number of likely N-dealkylation sites (N-methyl/N-ethyl adjacent to an activating group) is 1. The number of nitrogens with zero attached hydrogens (tertiary/aromatic N) is 5. The van der Waals surface area contributed by atoms with E-state index in [0.29, 0.717) is 22.4 Å². The van der Waals surface area contributed by atoms with Gasteiger partial charge in [-0.1, -0.05) is 181 Å². The second-order valence-electron chi connectivity index (χ2n) is 20.8. The van der Waals surface area contributed by atoms with Gasteiger partial charge in [0.25, 0.3) is 11.8 Å². The number of thiazole rings is 2. The molecule has 19 heteroatoms. The van der Waals surface area contributed by atoms with Crippen LogP contribution in [-0.2, 0) is 58.6 Å². The first-order valence-corrected chi connectivity index (χ1v) is 30.8. The van der Waals surface area contributed by atoms with E-state index in [0.717, 1.165) is 73.0 Å². The number of benzene rings is 6. The maximum Gasteiger partial charge on any atom is 0.355 e. The topological polar surface area (TPSA) is 171 Å². The Kier molecular flexibility index (Phi) is 17.2. The van der Waals surface area contributed by atoms with E-state index in [4.69, 9.17) is 29.0 Å². The van der Waals surface area contributed by atoms with Crippen LogP contribution in [0.15, 0.2) is 202 Å². The summed E-state index contributed by atoms with van der Waals surface area (Å²) in [7, 11) is 6.02. The Labute approximate surface area is 498 Å². The molecule has 6 aromatic carbocycles. The Bertz CT molecular complexity index is 3520. The molecule has 83 heavy (non-hydrogen) atoms. The molecular weight excluding hydrogens is 1120 g/mol. The van der Waals surface area contributed by atoms with E-state index in [1.807, 2.05) is 127 Å². The average Bonchev–Trinajstić information content (AvgIpc) is 3.60. The number of esters is 2. The van der Waals surface area contributed by atoms with E-state index in [-0.39, 0.29) is 23.7 Å². The fraction of sp³-hybridized carbons (Fsp3) is 0.234. The number of amides is 2. The van der Waals surface area contributed by atoms with Crippen LogP contribution in [0.3, 0.4) is 0 Å². The van der Waals surface area contributed by atoms with Crippen molar-refractivity contribution in [2.75, 3.05) is 44.6 Å². The Morgan fingerprint density at radius 1 is 0.807 bits per heavy atom. The lowest BCUT2D eigenvalue weighted by Crippen LogP contribution is -2.71. The summed E-state index contributed by atoms with van der Waals surface area (Å²) >= 11 is 5.90. The number of quaternary nitrogens is 1. The van der Waals surface area contributed by atoms with Gasteiger partial charge in [-0.3, -0.25) is 14.5 Å². The zero-order chi connectivity index (χ0) is 57.5. The highest BCUT2D eigenvalue weighted by atomic mass is 32.2. The fourth-order valence-electron chi connectivity index (χ4n) is 10.3. The van der Waals surface area contributed by atoms with Crippen LogP contribution < -0.4 is 15.4 Å². The van der Waals surface area contributed by atoms with Gasteiger partial charge in [-0.2, -0.15) is 0 Å². The number of aromatic nitrogens is 2. The van der Waals surface area contributed by atoms with Crippen molar-refractivity contribution in [3.63, 3.8) is 0 Å². The molecule has 2 aromatic heterocycles. The highest BCUT2D eigenvalue weighted by Gasteiger charge is 2.55. The van der Waals surface area contributed by atoms with Crippen molar-refractivity contribution in [1.82, 2.24) is 20.2 Å². The lowest BCUT2D eigenvalue weighted by molar-refractivity contribution is -0.905. The van der Waals surface area contributed by atoms with E-state index in [9.17, 15) is 14.4 Å². The number of thioether (sulfide) groups is 2. The zero-order valence-corrected chi connectivity index (χ0v) is 49.3. The standard InChI is InChI=1S/C64H59N7O8S4/c1-41(60(74)78-56(43-20-10-5-11-21-43)44-22-12-6-13-23-44)79-69-53(51-40-81-62(65-51)68-64(46-24-14-7-15-25-46,47-26-16-8-17-27-47)48-28-18-9-19-29-48)57(72)67-54-58(73)70-55(61(75)77-37-42-30-32-49(76-4)33-31-42)45(38-80-59(54)70)39-82-63-66-50-34-35-71(2,3)36-52(50)83-63/h5-33,40-41,54,56,59H,34-39H2,1-4H3,(H-,65,67,68,72)/p+1/b69-53-/t41-,54?,59-/m0/s1. The minimum absolute atomic E-state index is 0.0431. The van der Waals surface area contributed by atoms with Crippen LogP contribution in [0.4, 0.5) is 5.13 Å².